The lowest BCUT2D eigenvalue weighted by atomic mass is 9.94. The van der Waals surface area contributed by atoms with E-state index < -0.39 is 0 Å². The molecular weight excluding hydrogens is 391 g/mol. The molecule has 29 heavy (non-hydrogen) atoms. The summed E-state index contributed by atoms with van der Waals surface area (Å²) in [5.41, 5.74) is 4.44. The molecule has 0 saturated heterocycles. The first-order chi connectivity index (χ1) is 14.0. The molecule has 1 aromatic carbocycles. The molecule has 7 heteroatoms. The predicted octanol–water partition coefficient (Wildman–Crippen LogP) is 4.62. The lowest BCUT2D eigenvalue weighted by Gasteiger charge is -2.21. The fourth-order valence-corrected chi connectivity index (χ4v) is 3.70. The van der Waals surface area contributed by atoms with Gasteiger partial charge >= 0.3 is 0 Å². The van der Waals surface area contributed by atoms with Crippen molar-refractivity contribution in [3.63, 3.8) is 0 Å². The zero-order chi connectivity index (χ0) is 20.4. The van der Waals surface area contributed by atoms with Gasteiger partial charge in [0, 0.05) is 17.6 Å². The number of nitrogens with zero attached hydrogens (tertiary/aromatic N) is 3. The van der Waals surface area contributed by atoms with E-state index in [-0.39, 0.29) is 17.1 Å². The van der Waals surface area contributed by atoms with E-state index in [1.807, 2.05) is 18.2 Å². The molecule has 0 fully saturated rings. The van der Waals surface area contributed by atoms with Crippen molar-refractivity contribution in [2.24, 2.45) is 4.99 Å². The molecule has 1 atom stereocenters. The van der Waals surface area contributed by atoms with Crippen LogP contribution in [0.4, 0.5) is 4.39 Å². The van der Waals surface area contributed by atoms with Gasteiger partial charge in [0.15, 0.2) is 0 Å². The van der Waals surface area contributed by atoms with Crippen LogP contribution in [0.5, 0.6) is 0 Å². The van der Waals surface area contributed by atoms with Crippen molar-refractivity contribution in [2.45, 2.75) is 31.6 Å². The third kappa shape index (κ3) is 4.07. The maximum atomic E-state index is 13.2. The average molecular weight is 411 g/mol. The van der Waals surface area contributed by atoms with Gasteiger partial charge in [-0.25, -0.2) is 9.07 Å². The van der Waals surface area contributed by atoms with E-state index in [0.717, 1.165) is 24.1 Å². The van der Waals surface area contributed by atoms with E-state index in [1.165, 1.54) is 18.3 Å². The van der Waals surface area contributed by atoms with Crippen molar-refractivity contribution >= 4 is 23.2 Å². The highest BCUT2D eigenvalue weighted by Crippen LogP contribution is 2.26. The summed E-state index contributed by atoms with van der Waals surface area (Å²) in [7, 11) is 0. The SMILES string of the molecule is Cc1c(C(=O)NC2=CCC(Cl)C(C3=NC=CCC3)=C2)cnn1-c1ccc(F)cc1. The monoisotopic (exact) mass is 410 g/mol. The van der Waals surface area contributed by atoms with Crippen LogP contribution in [-0.4, -0.2) is 26.8 Å². The van der Waals surface area contributed by atoms with Crippen molar-refractivity contribution in [3.8, 4) is 5.69 Å². The molecule has 5 nitrogen and oxygen atoms in total. The normalized spacial score (nSPS) is 18.7. The van der Waals surface area contributed by atoms with E-state index >= 15 is 0 Å². The van der Waals surface area contributed by atoms with Gasteiger partial charge in [-0.15, -0.1) is 11.6 Å². The highest BCUT2D eigenvalue weighted by atomic mass is 35.5. The van der Waals surface area contributed by atoms with Crippen molar-refractivity contribution < 1.29 is 9.18 Å². The van der Waals surface area contributed by atoms with Gasteiger partial charge < -0.3 is 5.32 Å². The number of benzene rings is 1. The minimum atomic E-state index is -0.320. The third-order valence-corrected chi connectivity index (χ3v) is 5.41. The molecule has 0 radical (unpaired) electrons. The Labute approximate surface area is 173 Å². The molecule has 0 saturated carbocycles. The molecule has 2 aromatic rings. The number of nitrogens with one attached hydrogen (secondary N) is 1. The average Bonchev–Trinajstić information content (AvgIpc) is 3.12. The number of halogens is 2. The number of aromatic nitrogens is 2. The molecule has 0 bridgehead atoms. The molecule has 1 N–H and O–H groups in total. The number of hydrogen-bond acceptors (Lipinski definition) is 3. The molecule has 0 spiro atoms. The first-order valence-corrected chi connectivity index (χ1v) is 9.86. The number of aliphatic imine (C=N–C) groups is 1. The summed E-state index contributed by atoms with van der Waals surface area (Å²) in [6.07, 6.45) is 11.6. The Kier molecular flexibility index (Phi) is 5.45. The first kappa shape index (κ1) is 19.3. The Bertz CT molecular complexity index is 1060. The Morgan fingerprint density at radius 2 is 2.10 bits per heavy atom. The highest BCUT2D eigenvalue weighted by molar-refractivity contribution is 6.26. The van der Waals surface area contributed by atoms with Gasteiger partial charge in [-0.1, -0.05) is 12.2 Å². The van der Waals surface area contributed by atoms with Crippen molar-refractivity contribution in [2.75, 3.05) is 0 Å². The molecule has 4 rings (SSSR count). The zero-order valence-electron chi connectivity index (χ0n) is 15.9. The fraction of sp³-hybridized carbons (Fsp3) is 0.227. The second-order valence-corrected chi connectivity index (χ2v) is 7.47. The maximum Gasteiger partial charge on any atom is 0.259 e. The molecule has 148 valence electrons. The van der Waals surface area contributed by atoms with Gasteiger partial charge in [-0.3, -0.25) is 9.79 Å². The third-order valence-electron chi connectivity index (χ3n) is 4.99. The second kappa shape index (κ2) is 8.17. The number of allylic oxidation sites excluding steroid dienone is 4. The lowest BCUT2D eigenvalue weighted by molar-refractivity contribution is 0.0966. The number of rotatable bonds is 4. The largest absolute Gasteiger partial charge is 0.322 e. The van der Waals surface area contributed by atoms with E-state index in [1.54, 1.807) is 29.9 Å². The summed E-state index contributed by atoms with van der Waals surface area (Å²) in [6, 6.07) is 5.97. The fourth-order valence-electron chi connectivity index (χ4n) is 3.42. The summed E-state index contributed by atoms with van der Waals surface area (Å²) in [6.45, 7) is 1.81. The van der Waals surface area contributed by atoms with Crippen molar-refractivity contribution in [3.05, 3.63) is 83.2 Å². The van der Waals surface area contributed by atoms with Crippen molar-refractivity contribution in [1.82, 2.24) is 15.1 Å². The Balaban J connectivity index is 1.54. The van der Waals surface area contributed by atoms with Crippen LogP contribution in [0.2, 0.25) is 0 Å². The topological polar surface area (TPSA) is 59.3 Å². The van der Waals surface area contributed by atoms with Gasteiger partial charge in [-0.05, 0) is 62.1 Å². The molecule has 1 aliphatic carbocycles. The van der Waals surface area contributed by atoms with Crippen LogP contribution >= 0.6 is 11.6 Å². The zero-order valence-corrected chi connectivity index (χ0v) is 16.7. The molecule has 1 aliphatic heterocycles. The van der Waals surface area contributed by atoms with Crippen LogP contribution in [0.15, 0.2) is 71.2 Å². The molecule has 2 aliphatic rings. The molecule has 2 heterocycles. The summed E-state index contributed by atoms with van der Waals surface area (Å²) in [5, 5.41) is 7.07. The Morgan fingerprint density at radius 3 is 2.83 bits per heavy atom. The summed E-state index contributed by atoms with van der Waals surface area (Å²) >= 11 is 6.47. The van der Waals surface area contributed by atoms with E-state index in [4.69, 9.17) is 11.6 Å². The highest BCUT2D eigenvalue weighted by Gasteiger charge is 2.22. The number of amides is 1. The minimum absolute atomic E-state index is 0.149. The van der Waals surface area contributed by atoms with Crippen molar-refractivity contribution in [1.29, 1.82) is 0 Å². The van der Waals surface area contributed by atoms with E-state index in [2.05, 4.69) is 15.4 Å². The van der Waals surface area contributed by atoms with Gasteiger partial charge in [0.2, 0.25) is 0 Å². The molecule has 1 unspecified atom stereocenters. The quantitative estimate of drug-likeness (QED) is 0.747. The number of carbonyl (C=O) groups is 1. The molecule has 1 amide bonds. The second-order valence-electron chi connectivity index (χ2n) is 6.95. The van der Waals surface area contributed by atoms with Crippen LogP contribution in [0.25, 0.3) is 5.69 Å². The van der Waals surface area contributed by atoms with Gasteiger partial charge in [0.1, 0.15) is 5.82 Å². The standard InChI is InChI=1S/C22H20ClFN4O/c1-14-19(13-26-28(14)17-8-5-15(24)6-9-17)22(29)27-16-7-10-20(23)18(12-16)21-4-2-3-11-25-21/h3,5-9,11-13,20H,2,4,10H2,1H3,(H,27,29). The number of carbonyl (C=O) groups excluding carboxylic acids is 1. The lowest BCUT2D eigenvalue weighted by Crippen LogP contribution is -2.26. The molecular formula is C22H20ClFN4O. The van der Waals surface area contributed by atoms with Gasteiger partial charge in [-0.2, -0.15) is 5.10 Å². The van der Waals surface area contributed by atoms with E-state index in [9.17, 15) is 9.18 Å². The van der Waals surface area contributed by atoms with Crippen LogP contribution < -0.4 is 5.32 Å². The predicted molar refractivity (Wildman–Crippen MR) is 112 cm³/mol. The summed E-state index contributed by atoms with van der Waals surface area (Å²) in [5.74, 6) is -0.574. The van der Waals surface area contributed by atoms with Crippen LogP contribution in [0.1, 0.15) is 35.3 Å². The van der Waals surface area contributed by atoms with Crippen LogP contribution in [-0.2, 0) is 0 Å². The summed E-state index contributed by atoms with van der Waals surface area (Å²) < 4.78 is 14.8. The molecule has 1 aromatic heterocycles. The van der Waals surface area contributed by atoms with Crippen LogP contribution in [0.3, 0.4) is 0 Å². The van der Waals surface area contributed by atoms with Gasteiger partial charge in [0.25, 0.3) is 5.91 Å². The smallest absolute Gasteiger partial charge is 0.259 e. The summed E-state index contributed by atoms with van der Waals surface area (Å²) in [4.78, 5) is 17.3. The maximum absolute atomic E-state index is 13.2. The minimum Gasteiger partial charge on any atom is -0.322 e. The number of alkyl halides is 1. The van der Waals surface area contributed by atoms with Gasteiger partial charge in [0.05, 0.1) is 28.5 Å². The van der Waals surface area contributed by atoms with Crippen LogP contribution in [0, 0.1) is 12.7 Å². The number of hydrogen-bond donors (Lipinski definition) is 1. The first-order valence-electron chi connectivity index (χ1n) is 9.42. The van der Waals surface area contributed by atoms with E-state index in [0.29, 0.717) is 29.1 Å². The Hall–Kier alpha value is -2.99. The Morgan fingerprint density at radius 1 is 1.31 bits per heavy atom.